The molecule has 0 saturated carbocycles. The Balaban J connectivity index is 2.54. The Morgan fingerprint density at radius 3 is 2.50 bits per heavy atom. The van der Waals surface area contributed by atoms with Crippen molar-refractivity contribution in [2.24, 2.45) is 5.92 Å². The number of sulfone groups is 1. The van der Waals surface area contributed by atoms with Crippen molar-refractivity contribution in [2.75, 3.05) is 19.4 Å². The van der Waals surface area contributed by atoms with Crippen molar-refractivity contribution in [3.05, 3.63) is 24.3 Å². The minimum absolute atomic E-state index is 0.0878. The SMILES string of the molecule is CC(CNC(C)(C)C)COc1cccc(S(C)(=O)=O)c1. The first-order valence-corrected chi connectivity index (χ1v) is 8.65. The molecule has 0 aromatic heterocycles. The summed E-state index contributed by atoms with van der Waals surface area (Å²) in [4.78, 5) is 0.287. The molecule has 20 heavy (non-hydrogen) atoms. The zero-order valence-corrected chi connectivity index (χ0v) is 13.8. The van der Waals surface area contributed by atoms with Gasteiger partial charge in [-0.15, -0.1) is 0 Å². The van der Waals surface area contributed by atoms with Crippen LogP contribution in [0.2, 0.25) is 0 Å². The molecule has 0 heterocycles. The summed E-state index contributed by atoms with van der Waals surface area (Å²) in [6.45, 7) is 9.87. The van der Waals surface area contributed by atoms with Gasteiger partial charge in [0.1, 0.15) is 5.75 Å². The van der Waals surface area contributed by atoms with E-state index in [9.17, 15) is 8.42 Å². The molecule has 0 amide bonds. The van der Waals surface area contributed by atoms with Gasteiger partial charge in [-0.3, -0.25) is 0 Å². The van der Waals surface area contributed by atoms with E-state index in [2.05, 4.69) is 33.0 Å². The number of nitrogens with one attached hydrogen (secondary N) is 1. The first-order valence-electron chi connectivity index (χ1n) is 6.76. The second kappa shape index (κ2) is 6.59. The fraction of sp³-hybridized carbons (Fsp3) is 0.600. The van der Waals surface area contributed by atoms with Gasteiger partial charge in [0, 0.05) is 24.3 Å². The summed E-state index contributed by atoms with van der Waals surface area (Å²) in [5, 5.41) is 3.42. The minimum atomic E-state index is -3.19. The van der Waals surface area contributed by atoms with Crippen LogP contribution in [0, 0.1) is 5.92 Å². The maximum absolute atomic E-state index is 11.5. The van der Waals surface area contributed by atoms with E-state index in [1.807, 2.05) is 0 Å². The Morgan fingerprint density at radius 2 is 1.95 bits per heavy atom. The summed E-state index contributed by atoms with van der Waals surface area (Å²) >= 11 is 0. The zero-order valence-electron chi connectivity index (χ0n) is 12.9. The highest BCUT2D eigenvalue weighted by atomic mass is 32.2. The van der Waals surface area contributed by atoms with E-state index >= 15 is 0 Å². The smallest absolute Gasteiger partial charge is 0.175 e. The standard InChI is InChI=1S/C15H25NO3S/c1-12(10-16-15(2,3)4)11-19-13-7-6-8-14(9-13)20(5,17)18/h6-9,12,16H,10-11H2,1-5H3. The Bertz CT molecular complexity index is 532. The minimum Gasteiger partial charge on any atom is -0.493 e. The predicted molar refractivity (Wildman–Crippen MR) is 82.0 cm³/mol. The summed E-state index contributed by atoms with van der Waals surface area (Å²) in [6.07, 6.45) is 1.20. The van der Waals surface area contributed by atoms with Gasteiger partial charge in [0.05, 0.1) is 11.5 Å². The van der Waals surface area contributed by atoms with E-state index in [4.69, 9.17) is 4.74 Å². The molecular formula is C15H25NO3S. The monoisotopic (exact) mass is 299 g/mol. The Morgan fingerprint density at radius 1 is 1.30 bits per heavy atom. The Kier molecular flexibility index (Phi) is 5.59. The largest absolute Gasteiger partial charge is 0.493 e. The number of ether oxygens (including phenoxy) is 1. The quantitative estimate of drug-likeness (QED) is 0.877. The van der Waals surface area contributed by atoms with E-state index in [1.165, 1.54) is 6.26 Å². The van der Waals surface area contributed by atoms with Crippen LogP contribution in [0.15, 0.2) is 29.2 Å². The molecule has 0 saturated heterocycles. The molecule has 0 aliphatic carbocycles. The van der Waals surface area contributed by atoms with Gasteiger partial charge in [-0.1, -0.05) is 13.0 Å². The lowest BCUT2D eigenvalue weighted by atomic mass is 10.1. The van der Waals surface area contributed by atoms with Crippen LogP contribution >= 0.6 is 0 Å². The number of rotatable bonds is 6. The lowest BCUT2D eigenvalue weighted by Gasteiger charge is -2.23. The van der Waals surface area contributed by atoms with Gasteiger partial charge in [-0.2, -0.15) is 0 Å². The maximum atomic E-state index is 11.5. The van der Waals surface area contributed by atoms with Crippen molar-refractivity contribution < 1.29 is 13.2 Å². The highest BCUT2D eigenvalue weighted by Gasteiger charge is 2.12. The molecule has 1 aromatic rings. The van der Waals surface area contributed by atoms with Crippen molar-refractivity contribution in [1.29, 1.82) is 0 Å². The first kappa shape index (κ1) is 17.0. The maximum Gasteiger partial charge on any atom is 0.175 e. The van der Waals surface area contributed by atoms with Crippen molar-refractivity contribution in [2.45, 2.75) is 38.1 Å². The van der Waals surface area contributed by atoms with Crippen LogP contribution in [0.3, 0.4) is 0 Å². The van der Waals surface area contributed by atoms with E-state index in [0.29, 0.717) is 18.3 Å². The Hall–Kier alpha value is -1.07. The molecule has 0 radical (unpaired) electrons. The van der Waals surface area contributed by atoms with Crippen molar-refractivity contribution in [1.82, 2.24) is 5.32 Å². The van der Waals surface area contributed by atoms with Crippen molar-refractivity contribution in [3.63, 3.8) is 0 Å². The fourth-order valence-corrected chi connectivity index (χ4v) is 2.23. The molecule has 1 unspecified atom stereocenters. The molecule has 1 N–H and O–H groups in total. The molecule has 1 rings (SSSR count). The average molecular weight is 299 g/mol. The van der Waals surface area contributed by atoms with Gasteiger partial charge in [0.25, 0.3) is 0 Å². The normalized spacial score (nSPS) is 14.1. The van der Waals surface area contributed by atoms with Gasteiger partial charge in [0.2, 0.25) is 0 Å². The second-order valence-corrected chi connectivity index (χ2v) is 8.31. The molecule has 1 aromatic carbocycles. The third-order valence-electron chi connectivity index (χ3n) is 2.75. The molecule has 4 nitrogen and oxygen atoms in total. The van der Waals surface area contributed by atoms with Crippen molar-refractivity contribution >= 4 is 9.84 Å². The summed E-state index contributed by atoms with van der Waals surface area (Å²) in [7, 11) is -3.19. The summed E-state index contributed by atoms with van der Waals surface area (Å²) in [5.74, 6) is 0.937. The molecule has 0 spiro atoms. The molecule has 1 atom stereocenters. The van der Waals surface area contributed by atoms with Crippen LogP contribution in [0.5, 0.6) is 5.75 Å². The lowest BCUT2D eigenvalue weighted by molar-refractivity contribution is 0.244. The summed E-state index contributed by atoms with van der Waals surface area (Å²) in [5.41, 5.74) is 0.0878. The fourth-order valence-electron chi connectivity index (χ4n) is 1.57. The summed E-state index contributed by atoms with van der Waals surface area (Å²) in [6, 6.07) is 6.62. The predicted octanol–water partition coefficient (Wildman–Crippen LogP) is 2.49. The van der Waals surface area contributed by atoms with Crippen LogP contribution in [0.4, 0.5) is 0 Å². The number of hydrogen-bond donors (Lipinski definition) is 1. The van der Waals surface area contributed by atoms with Crippen molar-refractivity contribution in [3.8, 4) is 5.75 Å². The van der Waals surface area contributed by atoms with Crippen LogP contribution in [-0.4, -0.2) is 33.4 Å². The van der Waals surface area contributed by atoms with E-state index in [0.717, 1.165) is 6.54 Å². The molecule has 5 heteroatoms. The lowest BCUT2D eigenvalue weighted by Crippen LogP contribution is -2.39. The van der Waals surface area contributed by atoms with Crippen LogP contribution in [-0.2, 0) is 9.84 Å². The average Bonchev–Trinajstić information content (AvgIpc) is 2.32. The zero-order chi connectivity index (χ0) is 15.4. The highest BCUT2D eigenvalue weighted by molar-refractivity contribution is 7.90. The van der Waals surface area contributed by atoms with Gasteiger partial charge >= 0.3 is 0 Å². The molecule has 0 aliphatic heterocycles. The molecule has 114 valence electrons. The van der Waals surface area contributed by atoms with Crippen LogP contribution in [0.1, 0.15) is 27.7 Å². The van der Waals surface area contributed by atoms with Gasteiger partial charge < -0.3 is 10.1 Å². The highest BCUT2D eigenvalue weighted by Crippen LogP contribution is 2.18. The Labute approximate surface area is 122 Å². The van der Waals surface area contributed by atoms with E-state index in [-0.39, 0.29) is 10.4 Å². The van der Waals surface area contributed by atoms with Gasteiger partial charge in [-0.05, 0) is 39.0 Å². The first-order chi connectivity index (χ1) is 9.08. The second-order valence-electron chi connectivity index (χ2n) is 6.29. The van der Waals surface area contributed by atoms with E-state index < -0.39 is 9.84 Å². The number of benzene rings is 1. The third kappa shape index (κ3) is 6.39. The third-order valence-corrected chi connectivity index (χ3v) is 3.86. The van der Waals surface area contributed by atoms with Gasteiger partial charge in [-0.25, -0.2) is 8.42 Å². The topological polar surface area (TPSA) is 55.4 Å². The summed E-state index contributed by atoms with van der Waals surface area (Å²) < 4.78 is 28.6. The van der Waals surface area contributed by atoms with E-state index in [1.54, 1.807) is 24.3 Å². The number of hydrogen-bond acceptors (Lipinski definition) is 4. The molecular weight excluding hydrogens is 274 g/mol. The van der Waals surface area contributed by atoms with Gasteiger partial charge in [0.15, 0.2) is 9.84 Å². The molecule has 0 bridgehead atoms. The molecule has 0 aliphatic rings. The molecule has 0 fully saturated rings. The van der Waals surface area contributed by atoms with Crippen LogP contribution < -0.4 is 10.1 Å². The van der Waals surface area contributed by atoms with Crippen LogP contribution in [0.25, 0.3) is 0 Å².